The molecule has 4 nitrogen and oxygen atoms in total. The first-order valence-electron chi connectivity index (χ1n) is 5.38. The van der Waals surface area contributed by atoms with Crippen molar-refractivity contribution < 1.29 is 4.74 Å². The molecule has 0 radical (unpaired) electrons. The SMILES string of the molecule is COc1ccc(Br)cc1C(C)Cc1cn[nH]n1. The number of rotatable bonds is 4. The van der Waals surface area contributed by atoms with Crippen molar-refractivity contribution in [3.05, 3.63) is 40.1 Å². The van der Waals surface area contributed by atoms with Crippen LogP contribution in [0.1, 0.15) is 24.1 Å². The van der Waals surface area contributed by atoms with Gasteiger partial charge in [-0.25, -0.2) is 0 Å². The molecule has 5 heteroatoms. The van der Waals surface area contributed by atoms with Gasteiger partial charge in [-0.05, 0) is 36.1 Å². The summed E-state index contributed by atoms with van der Waals surface area (Å²) in [4.78, 5) is 0. The quantitative estimate of drug-likeness (QED) is 0.943. The number of aromatic amines is 1. The third-order valence-electron chi connectivity index (χ3n) is 2.70. The standard InChI is InChI=1S/C12H14BrN3O/c1-8(5-10-7-14-16-15-10)11-6-9(13)3-4-12(11)17-2/h3-4,6-8H,5H2,1-2H3,(H,14,15,16). The van der Waals surface area contributed by atoms with Crippen molar-refractivity contribution in [2.75, 3.05) is 7.11 Å². The predicted molar refractivity (Wildman–Crippen MR) is 69.2 cm³/mol. The summed E-state index contributed by atoms with van der Waals surface area (Å²) in [6.45, 7) is 2.15. The molecule has 17 heavy (non-hydrogen) atoms. The van der Waals surface area contributed by atoms with Gasteiger partial charge in [-0.15, -0.1) is 0 Å². The summed E-state index contributed by atoms with van der Waals surface area (Å²) in [7, 11) is 1.69. The molecule has 90 valence electrons. The van der Waals surface area contributed by atoms with Crippen LogP contribution in [0, 0.1) is 0 Å². The first-order valence-corrected chi connectivity index (χ1v) is 6.18. The molecule has 2 aromatic rings. The molecule has 1 N–H and O–H groups in total. The smallest absolute Gasteiger partial charge is 0.122 e. The molecular weight excluding hydrogens is 282 g/mol. The fourth-order valence-electron chi connectivity index (χ4n) is 1.84. The molecule has 0 spiro atoms. The minimum atomic E-state index is 0.326. The first kappa shape index (κ1) is 12.1. The number of aromatic nitrogens is 3. The van der Waals surface area contributed by atoms with Crippen LogP contribution >= 0.6 is 15.9 Å². The summed E-state index contributed by atoms with van der Waals surface area (Å²) in [6, 6.07) is 6.04. The number of nitrogens with one attached hydrogen (secondary N) is 1. The summed E-state index contributed by atoms with van der Waals surface area (Å²) >= 11 is 3.48. The summed E-state index contributed by atoms with van der Waals surface area (Å²) < 4.78 is 6.43. The van der Waals surface area contributed by atoms with E-state index >= 15 is 0 Å². The zero-order valence-corrected chi connectivity index (χ0v) is 11.4. The molecule has 1 aromatic heterocycles. The third kappa shape index (κ3) is 2.85. The molecule has 1 heterocycles. The lowest BCUT2D eigenvalue weighted by Crippen LogP contribution is -2.02. The normalized spacial score (nSPS) is 12.4. The van der Waals surface area contributed by atoms with Gasteiger partial charge in [-0.3, -0.25) is 0 Å². The van der Waals surface area contributed by atoms with Crippen molar-refractivity contribution in [1.82, 2.24) is 15.4 Å². The first-order chi connectivity index (χ1) is 8.20. The maximum Gasteiger partial charge on any atom is 0.122 e. The van der Waals surface area contributed by atoms with Crippen LogP contribution in [0.25, 0.3) is 0 Å². The summed E-state index contributed by atoms with van der Waals surface area (Å²) in [5, 5.41) is 10.5. The van der Waals surface area contributed by atoms with Crippen LogP contribution < -0.4 is 4.74 Å². The van der Waals surface area contributed by atoms with Crippen LogP contribution in [-0.4, -0.2) is 22.5 Å². The minimum absolute atomic E-state index is 0.326. The van der Waals surface area contributed by atoms with Crippen LogP contribution in [0.5, 0.6) is 5.75 Å². The van der Waals surface area contributed by atoms with Gasteiger partial charge in [-0.2, -0.15) is 15.4 Å². The van der Waals surface area contributed by atoms with E-state index in [0.29, 0.717) is 5.92 Å². The Hall–Kier alpha value is -1.36. The summed E-state index contributed by atoms with van der Waals surface area (Å²) in [5.41, 5.74) is 2.13. The van der Waals surface area contributed by atoms with Crippen molar-refractivity contribution in [2.45, 2.75) is 19.3 Å². The van der Waals surface area contributed by atoms with E-state index in [1.165, 1.54) is 5.56 Å². The average Bonchev–Trinajstić information content (AvgIpc) is 2.81. The number of hydrogen-bond acceptors (Lipinski definition) is 3. The van der Waals surface area contributed by atoms with Crippen molar-refractivity contribution in [3.63, 3.8) is 0 Å². The monoisotopic (exact) mass is 295 g/mol. The van der Waals surface area contributed by atoms with Crippen LogP contribution in [-0.2, 0) is 6.42 Å². The second kappa shape index (κ2) is 5.31. The van der Waals surface area contributed by atoms with E-state index in [2.05, 4.69) is 44.3 Å². The summed E-state index contributed by atoms with van der Waals surface area (Å²) in [6.07, 6.45) is 2.59. The Balaban J connectivity index is 2.23. The van der Waals surface area contributed by atoms with Gasteiger partial charge >= 0.3 is 0 Å². The molecule has 0 aliphatic heterocycles. The Morgan fingerprint density at radius 1 is 1.47 bits per heavy atom. The fourth-order valence-corrected chi connectivity index (χ4v) is 2.22. The average molecular weight is 296 g/mol. The molecular formula is C12H14BrN3O. The van der Waals surface area contributed by atoms with Gasteiger partial charge in [0.25, 0.3) is 0 Å². The minimum Gasteiger partial charge on any atom is -0.496 e. The van der Waals surface area contributed by atoms with Crippen LogP contribution in [0.4, 0.5) is 0 Å². The van der Waals surface area contributed by atoms with Gasteiger partial charge in [0.2, 0.25) is 0 Å². The molecule has 0 amide bonds. The van der Waals surface area contributed by atoms with Crippen LogP contribution in [0.15, 0.2) is 28.9 Å². The van der Waals surface area contributed by atoms with Gasteiger partial charge in [-0.1, -0.05) is 22.9 Å². The zero-order valence-electron chi connectivity index (χ0n) is 9.77. The van der Waals surface area contributed by atoms with Crippen molar-refractivity contribution >= 4 is 15.9 Å². The van der Waals surface area contributed by atoms with Crippen molar-refractivity contribution in [2.24, 2.45) is 0 Å². The molecule has 2 rings (SSSR count). The molecule has 0 bridgehead atoms. The highest BCUT2D eigenvalue weighted by Crippen LogP contribution is 2.31. The highest BCUT2D eigenvalue weighted by molar-refractivity contribution is 9.10. The summed E-state index contributed by atoms with van der Waals surface area (Å²) in [5.74, 6) is 1.23. The number of benzene rings is 1. The Morgan fingerprint density at radius 2 is 2.29 bits per heavy atom. The lowest BCUT2D eigenvalue weighted by atomic mass is 9.95. The fraction of sp³-hybridized carbons (Fsp3) is 0.333. The van der Waals surface area contributed by atoms with E-state index in [4.69, 9.17) is 4.74 Å². The second-order valence-corrected chi connectivity index (χ2v) is 4.87. The van der Waals surface area contributed by atoms with Gasteiger partial charge in [0.05, 0.1) is 19.0 Å². The van der Waals surface area contributed by atoms with Gasteiger partial charge in [0, 0.05) is 4.47 Å². The van der Waals surface area contributed by atoms with Crippen LogP contribution in [0.2, 0.25) is 0 Å². The Morgan fingerprint density at radius 3 is 2.94 bits per heavy atom. The molecule has 1 aromatic carbocycles. The number of H-pyrrole nitrogens is 1. The third-order valence-corrected chi connectivity index (χ3v) is 3.20. The Kier molecular flexibility index (Phi) is 3.78. The molecule has 0 aliphatic carbocycles. The number of ether oxygens (including phenoxy) is 1. The number of nitrogens with zero attached hydrogens (tertiary/aromatic N) is 2. The lowest BCUT2D eigenvalue weighted by Gasteiger charge is -2.14. The van der Waals surface area contributed by atoms with Crippen molar-refractivity contribution in [1.29, 1.82) is 0 Å². The molecule has 0 aliphatic rings. The van der Waals surface area contributed by atoms with E-state index in [1.54, 1.807) is 13.3 Å². The van der Waals surface area contributed by atoms with E-state index in [9.17, 15) is 0 Å². The second-order valence-electron chi connectivity index (χ2n) is 3.95. The van der Waals surface area contributed by atoms with E-state index in [1.807, 2.05) is 12.1 Å². The maximum absolute atomic E-state index is 5.38. The number of methoxy groups -OCH3 is 1. The Bertz CT molecular complexity index is 485. The molecule has 0 saturated carbocycles. The highest BCUT2D eigenvalue weighted by atomic mass is 79.9. The molecule has 1 unspecified atom stereocenters. The largest absolute Gasteiger partial charge is 0.496 e. The Labute approximate surface area is 109 Å². The topological polar surface area (TPSA) is 50.8 Å². The predicted octanol–water partition coefficient (Wildman–Crippen LogP) is 2.92. The molecule has 1 atom stereocenters. The van der Waals surface area contributed by atoms with E-state index in [0.717, 1.165) is 22.3 Å². The van der Waals surface area contributed by atoms with Gasteiger partial charge in [0.15, 0.2) is 0 Å². The maximum atomic E-state index is 5.38. The molecule has 0 saturated heterocycles. The molecule has 0 fully saturated rings. The van der Waals surface area contributed by atoms with Crippen molar-refractivity contribution in [3.8, 4) is 5.75 Å². The van der Waals surface area contributed by atoms with Gasteiger partial charge in [0.1, 0.15) is 5.75 Å². The number of halogens is 1. The zero-order chi connectivity index (χ0) is 12.3. The van der Waals surface area contributed by atoms with Crippen LogP contribution in [0.3, 0.4) is 0 Å². The lowest BCUT2D eigenvalue weighted by molar-refractivity contribution is 0.406. The highest BCUT2D eigenvalue weighted by Gasteiger charge is 2.13. The number of hydrogen-bond donors (Lipinski definition) is 1. The van der Waals surface area contributed by atoms with E-state index in [-0.39, 0.29) is 0 Å². The van der Waals surface area contributed by atoms with Gasteiger partial charge < -0.3 is 4.74 Å². The van der Waals surface area contributed by atoms with E-state index < -0.39 is 0 Å².